The first-order valence-electron chi connectivity index (χ1n) is 6.78. The summed E-state index contributed by atoms with van der Waals surface area (Å²) in [6.07, 6.45) is 5.48. The molecule has 0 radical (unpaired) electrons. The van der Waals surface area contributed by atoms with E-state index < -0.39 is 12.0 Å². The smallest absolute Gasteiger partial charge is 0.326 e. The van der Waals surface area contributed by atoms with Crippen molar-refractivity contribution in [2.75, 3.05) is 12.0 Å². The lowest BCUT2D eigenvalue weighted by atomic mass is 9.98. The molecule has 1 aliphatic heterocycles. The molecule has 1 rings (SSSR count). The second-order valence-corrected chi connectivity index (χ2v) is 6.14. The van der Waals surface area contributed by atoms with Crippen molar-refractivity contribution in [2.24, 2.45) is 0 Å². The normalized spacial score (nSPS) is 24.9. The zero-order valence-corrected chi connectivity index (χ0v) is 12.7. The van der Waals surface area contributed by atoms with Gasteiger partial charge < -0.3 is 15.3 Å². The summed E-state index contributed by atoms with van der Waals surface area (Å²) in [6.45, 7) is 4.04. The van der Waals surface area contributed by atoms with Gasteiger partial charge in [0, 0.05) is 12.1 Å². The summed E-state index contributed by atoms with van der Waals surface area (Å²) >= 11 is 1.58. The van der Waals surface area contributed by atoms with Gasteiger partial charge in [0.15, 0.2) is 0 Å². The maximum Gasteiger partial charge on any atom is 0.326 e. The largest absolute Gasteiger partial charge is 0.480 e. The molecular weight excluding hydrogens is 264 g/mol. The van der Waals surface area contributed by atoms with Gasteiger partial charge in [0.2, 0.25) is 0 Å². The van der Waals surface area contributed by atoms with Crippen molar-refractivity contribution in [3.05, 3.63) is 0 Å². The van der Waals surface area contributed by atoms with Gasteiger partial charge >= 0.3 is 12.0 Å². The van der Waals surface area contributed by atoms with Gasteiger partial charge in [-0.25, -0.2) is 9.59 Å². The van der Waals surface area contributed by atoms with Gasteiger partial charge in [0.25, 0.3) is 0 Å². The number of amides is 2. The second kappa shape index (κ2) is 7.62. The molecule has 0 aromatic heterocycles. The van der Waals surface area contributed by atoms with E-state index in [0.717, 1.165) is 25.0 Å². The van der Waals surface area contributed by atoms with Crippen molar-refractivity contribution >= 4 is 23.8 Å². The highest BCUT2D eigenvalue weighted by Gasteiger charge is 2.31. The standard InChI is InChI=1S/C13H24N2O3S/c1-9-5-4-6-10(2)15(9)13(18)14-11(12(16)17)7-8-19-3/h9-11H,4-8H2,1-3H3,(H,14,18)(H,16,17)/t9?,10?,11-/m1/s1. The van der Waals surface area contributed by atoms with Gasteiger partial charge in [-0.1, -0.05) is 0 Å². The summed E-state index contributed by atoms with van der Waals surface area (Å²) in [5, 5.41) is 11.8. The monoisotopic (exact) mass is 288 g/mol. The lowest BCUT2D eigenvalue weighted by molar-refractivity contribution is -0.139. The fourth-order valence-corrected chi connectivity index (χ4v) is 3.01. The van der Waals surface area contributed by atoms with E-state index in [0.29, 0.717) is 6.42 Å². The lowest BCUT2D eigenvalue weighted by Gasteiger charge is -2.39. The Morgan fingerprint density at radius 2 is 1.95 bits per heavy atom. The molecule has 110 valence electrons. The number of rotatable bonds is 5. The molecule has 2 unspecified atom stereocenters. The van der Waals surface area contributed by atoms with Crippen LogP contribution >= 0.6 is 11.8 Å². The van der Waals surface area contributed by atoms with Crippen LogP contribution in [0.25, 0.3) is 0 Å². The van der Waals surface area contributed by atoms with E-state index in [4.69, 9.17) is 5.11 Å². The van der Waals surface area contributed by atoms with Crippen molar-refractivity contribution in [3.63, 3.8) is 0 Å². The number of urea groups is 1. The molecule has 0 aliphatic carbocycles. The molecule has 6 heteroatoms. The number of likely N-dealkylation sites (tertiary alicyclic amines) is 1. The van der Waals surface area contributed by atoms with Crippen LogP contribution in [0.5, 0.6) is 0 Å². The molecule has 1 fully saturated rings. The molecule has 0 spiro atoms. The Hall–Kier alpha value is -0.910. The highest BCUT2D eigenvalue weighted by atomic mass is 32.2. The number of nitrogens with one attached hydrogen (secondary N) is 1. The van der Waals surface area contributed by atoms with Gasteiger partial charge in [-0.05, 0) is 51.5 Å². The van der Waals surface area contributed by atoms with Crippen LogP contribution in [0.2, 0.25) is 0 Å². The third kappa shape index (κ3) is 4.60. The molecule has 0 aromatic rings. The molecule has 5 nitrogen and oxygen atoms in total. The number of carboxylic acid groups (broad SMARTS) is 1. The number of aliphatic carboxylic acids is 1. The van der Waals surface area contributed by atoms with Crippen LogP contribution in [-0.2, 0) is 4.79 Å². The van der Waals surface area contributed by atoms with E-state index in [-0.39, 0.29) is 18.1 Å². The van der Waals surface area contributed by atoms with Crippen LogP contribution in [-0.4, -0.2) is 52.1 Å². The van der Waals surface area contributed by atoms with Crippen molar-refractivity contribution in [3.8, 4) is 0 Å². The molecule has 3 atom stereocenters. The number of thioether (sulfide) groups is 1. The number of hydrogen-bond donors (Lipinski definition) is 2. The molecule has 0 bridgehead atoms. The number of carbonyl (C=O) groups is 2. The Balaban J connectivity index is 2.62. The average Bonchev–Trinajstić information content (AvgIpc) is 2.33. The number of piperidine rings is 1. The minimum atomic E-state index is -0.959. The maximum absolute atomic E-state index is 12.2. The zero-order valence-electron chi connectivity index (χ0n) is 11.9. The first-order valence-corrected chi connectivity index (χ1v) is 8.17. The van der Waals surface area contributed by atoms with Crippen LogP contribution in [0.4, 0.5) is 4.79 Å². The minimum Gasteiger partial charge on any atom is -0.480 e. The summed E-state index contributed by atoms with van der Waals surface area (Å²) in [7, 11) is 0. The van der Waals surface area contributed by atoms with Gasteiger partial charge in [-0.15, -0.1) is 0 Å². The quantitative estimate of drug-likeness (QED) is 0.813. The average molecular weight is 288 g/mol. The van der Waals surface area contributed by atoms with Crippen LogP contribution in [0, 0.1) is 0 Å². The number of carboxylic acids is 1. The van der Waals surface area contributed by atoms with Gasteiger partial charge in [-0.3, -0.25) is 0 Å². The van der Waals surface area contributed by atoms with Crippen LogP contribution in [0.3, 0.4) is 0 Å². The Bertz CT molecular complexity index is 315. The fourth-order valence-electron chi connectivity index (χ4n) is 2.54. The Kier molecular flexibility index (Phi) is 6.48. The summed E-state index contributed by atoms with van der Waals surface area (Å²) in [4.78, 5) is 25.2. The molecule has 1 heterocycles. The summed E-state index contributed by atoms with van der Waals surface area (Å²) in [5.74, 6) is -0.234. The van der Waals surface area contributed by atoms with Crippen molar-refractivity contribution in [1.29, 1.82) is 0 Å². The first-order chi connectivity index (χ1) is 8.97. The van der Waals surface area contributed by atoms with E-state index in [1.807, 2.05) is 20.1 Å². The maximum atomic E-state index is 12.2. The van der Waals surface area contributed by atoms with E-state index >= 15 is 0 Å². The molecule has 19 heavy (non-hydrogen) atoms. The summed E-state index contributed by atoms with van der Waals surface area (Å²) in [5.41, 5.74) is 0. The Morgan fingerprint density at radius 1 is 1.37 bits per heavy atom. The van der Waals surface area contributed by atoms with E-state index in [1.54, 1.807) is 16.7 Å². The number of hydrogen-bond acceptors (Lipinski definition) is 3. The predicted octanol–water partition coefficient (Wildman–Crippen LogP) is 2.17. The Morgan fingerprint density at radius 3 is 2.42 bits per heavy atom. The fraction of sp³-hybridized carbons (Fsp3) is 0.846. The molecule has 1 aliphatic rings. The number of nitrogens with zero attached hydrogens (tertiary/aromatic N) is 1. The van der Waals surface area contributed by atoms with Crippen LogP contribution in [0.15, 0.2) is 0 Å². The predicted molar refractivity (Wildman–Crippen MR) is 77.6 cm³/mol. The molecule has 2 amide bonds. The first kappa shape index (κ1) is 16.1. The summed E-state index contributed by atoms with van der Waals surface area (Å²) < 4.78 is 0. The topological polar surface area (TPSA) is 69.6 Å². The summed E-state index contributed by atoms with van der Waals surface area (Å²) in [6, 6.07) is -0.674. The Labute approximate surface area is 119 Å². The van der Waals surface area contributed by atoms with Crippen molar-refractivity contribution in [1.82, 2.24) is 10.2 Å². The van der Waals surface area contributed by atoms with Crippen LogP contribution < -0.4 is 5.32 Å². The number of carbonyl (C=O) groups excluding carboxylic acids is 1. The van der Waals surface area contributed by atoms with Crippen molar-refractivity contribution in [2.45, 2.75) is 57.7 Å². The lowest BCUT2D eigenvalue weighted by Crippen LogP contribution is -2.55. The van der Waals surface area contributed by atoms with Gasteiger partial charge in [0.05, 0.1) is 0 Å². The molecular formula is C13H24N2O3S. The minimum absolute atomic E-state index is 0.179. The van der Waals surface area contributed by atoms with E-state index in [9.17, 15) is 9.59 Å². The third-order valence-corrected chi connectivity index (χ3v) is 4.28. The molecule has 1 saturated heterocycles. The highest BCUT2D eigenvalue weighted by Crippen LogP contribution is 2.22. The van der Waals surface area contributed by atoms with E-state index in [1.165, 1.54) is 0 Å². The molecule has 0 aromatic carbocycles. The SMILES string of the molecule is CSCC[C@@H](NC(=O)N1C(C)CCCC1C)C(=O)O. The van der Waals surface area contributed by atoms with E-state index in [2.05, 4.69) is 5.32 Å². The third-order valence-electron chi connectivity index (χ3n) is 3.63. The van der Waals surface area contributed by atoms with Crippen LogP contribution in [0.1, 0.15) is 39.5 Å². The molecule has 2 N–H and O–H groups in total. The van der Waals surface area contributed by atoms with Gasteiger partial charge in [0.1, 0.15) is 6.04 Å². The second-order valence-electron chi connectivity index (χ2n) is 5.16. The molecule has 0 saturated carbocycles. The highest BCUT2D eigenvalue weighted by molar-refractivity contribution is 7.98. The van der Waals surface area contributed by atoms with Gasteiger partial charge in [-0.2, -0.15) is 11.8 Å². The zero-order chi connectivity index (χ0) is 14.4. The van der Waals surface area contributed by atoms with Crippen molar-refractivity contribution < 1.29 is 14.7 Å².